The van der Waals surface area contributed by atoms with E-state index < -0.39 is 0 Å². The summed E-state index contributed by atoms with van der Waals surface area (Å²) in [5.74, 6) is 0. The summed E-state index contributed by atoms with van der Waals surface area (Å²) in [5.41, 5.74) is 1.96. The molecule has 0 nitrogen and oxygen atoms in total. The summed E-state index contributed by atoms with van der Waals surface area (Å²) in [6, 6.07) is 8.30. The topological polar surface area (TPSA) is 0 Å². The maximum absolute atomic E-state index is 5.82. The van der Waals surface area contributed by atoms with Crippen molar-refractivity contribution < 1.29 is 0 Å². The van der Waals surface area contributed by atoms with Crippen LogP contribution in [0, 0.1) is 0 Å². The first-order chi connectivity index (χ1) is 5.77. The molecule has 64 valence electrons. The molecule has 12 heavy (non-hydrogen) atoms. The molecule has 2 rings (SSSR count). The maximum atomic E-state index is 5.82. The quantitative estimate of drug-likeness (QED) is 0.574. The summed E-state index contributed by atoms with van der Waals surface area (Å²) in [4.78, 5) is 0. The highest BCUT2D eigenvalue weighted by Crippen LogP contribution is 2.49. The van der Waals surface area contributed by atoms with Gasteiger partial charge in [-0.15, -0.1) is 0 Å². The zero-order valence-electron chi connectivity index (χ0n) is 6.69. The lowest BCUT2D eigenvalue weighted by Crippen LogP contribution is -2.06. The van der Waals surface area contributed by atoms with Gasteiger partial charge in [-0.3, -0.25) is 0 Å². The predicted octanol–water partition coefficient (Wildman–Crippen LogP) is 3.81. The smallest absolute Gasteiger partial charge is 0.0406 e. The Kier molecular flexibility index (Phi) is 2.34. The molecule has 1 aliphatic rings. The lowest BCUT2D eigenvalue weighted by atomic mass is 9.99. The minimum atomic E-state index is 0.505. The third-order valence-corrected chi connectivity index (χ3v) is 4.28. The number of hydrogen-bond donors (Lipinski definition) is 0. The molecule has 1 saturated carbocycles. The molecular weight excluding hydrogens is 282 g/mol. The van der Waals surface area contributed by atoms with Gasteiger partial charge in [-0.25, -0.2) is 0 Å². The summed E-state index contributed by atoms with van der Waals surface area (Å²) in [6.45, 7) is 0. The molecule has 0 atom stereocenters. The Hall–Kier alpha value is 0.240. The van der Waals surface area contributed by atoms with E-state index >= 15 is 0 Å². The molecule has 1 aromatic rings. The number of hydrogen-bond acceptors (Lipinski definition) is 0. The molecule has 0 radical (unpaired) electrons. The number of rotatable bonds is 2. The van der Waals surface area contributed by atoms with Crippen LogP contribution < -0.4 is 0 Å². The Morgan fingerprint density at radius 2 is 1.83 bits per heavy atom. The molecule has 0 heterocycles. The minimum absolute atomic E-state index is 0.505. The van der Waals surface area contributed by atoms with Gasteiger partial charge in [-0.05, 0) is 30.5 Å². The highest BCUT2D eigenvalue weighted by Gasteiger charge is 2.42. The van der Waals surface area contributed by atoms with Gasteiger partial charge in [0.05, 0.1) is 0 Å². The summed E-state index contributed by atoms with van der Waals surface area (Å²) in [7, 11) is 0. The van der Waals surface area contributed by atoms with Gasteiger partial charge in [0.25, 0.3) is 0 Å². The summed E-state index contributed by atoms with van der Waals surface area (Å²) < 4.78 is 1.23. The van der Waals surface area contributed by atoms with Crippen molar-refractivity contribution in [2.45, 2.75) is 18.3 Å². The van der Waals surface area contributed by atoms with Crippen molar-refractivity contribution in [2.24, 2.45) is 0 Å². The minimum Gasteiger partial charge on any atom is -0.0854 e. The van der Waals surface area contributed by atoms with Gasteiger partial charge in [0.15, 0.2) is 0 Å². The first-order valence-corrected chi connectivity index (χ1v) is 5.99. The molecule has 1 aromatic carbocycles. The SMILES string of the molecule is Clc1ccc(C2(CI)CC2)cc1. The second-order valence-corrected chi connectivity index (χ2v) is 4.62. The summed E-state index contributed by atoms with van der Waals surface area (Å²) in [6.07, 6.45) is 2.69. The van der Waals surface area contributed by atoms with Crippen LogP contribution in [0.4, 0.5) is 0 Å². The molecule has 0 saturated heterocycles. The second-order valence-electron chi connectivity index (χ2n) is 3.42. The third-order valence-electron chi connectivity index (χ3n) is 2.57. The van der Waals surface area contributed by atoms with Crippen molar-refractivity contribution in [3.63, 3.8) is 0 Å². The van der Waals surface area contributed by atoms with E-state index in [0.717, 1.165) is 5.02 Å². The van der Waals surface area contributed by atoms with Crippen LogP contribution in [0.2, 0.25) is 5.02 Å². The van der Waals surface area contributed by atoms with E-state index in [4.69, 9.17) is 11.6 Å². The fourth-order valence-electron chi connectivity index (χ4n) is 1.45. The largest absolute Gasteiger partial charge is 0.0854 e. The molecule has 0 aliphatic heterocycles. The fourth-order valence-corrected chi connectivity index (χ4v) is 2.78. The first-order valence-electron chi connectivity index (χ1n) is 4.09. The Balaban J connectivity index is 2.29. The first kappa shape index (κ1) is 8.82. The van der Waals surface area contributed by atoms with Crippen LogP contribution in [0.5, 0.6) is 0 Å². The van der Waals surface area contributed by atoms with Crippen LogP contribution in [-0.2, 0) is 5.41 Å². The maximum Gasteiger partial charge on any atom is 0.0406 e. The van der Waals surface area contributed by atoms with Crippen LogP contribution in [0.25, 0.3) is 0 Å². The van der Waals surface area contributed by atoms with E-state index in [1.807, 2.05) is 12.1 Å². The summed E-state index contributed by atoms with van der Waals surface area (Å²) >= 11 is 8.30. The van der Waals surface area contributed by atoms with Crippen LogP contribution in [0.1, 0.15) is 18.4 Å². The molecule has 0 spiro atoms. The molecule has 1 fully saturated rings. The molecule has 1 aliphatic carbocycles. The van der Waals surface area contributed by atoms with E-state index in [1.165, 1.54) is 22.8 Å². The van der Waals surface area contributed by atoms with Crippen molar-refractivity contribution in [2.75, 3.05) is 4.43 Å². The van der Waals surface area contributed by atoms with Gasteiger partial charge in [0.1, 0.15) is 0 Å². The van der Waals surface area contributed by atoms with Crippen LogP contribution in [0.3, 0.4) is 0 Å². The Morgan fingerprint density at radius 1 is 1.25 bits per heavy atom. The molecule has 0 aromatic heterocycles. The van der Waals surface area contributed by atoms with E-state index in [-0.39, 0.29) is 0 Å². The van der Waals surface area contributed by atoms with Gasteiger partial charge in [-0.2, -0.15) is 0 Å². The summed E-state index contributed by atoms with van der Waals surface area (Å²) in [5, 5.41) is 0.836. The predicted molar refractivity (Wildman–Crippen MR) is 61.3 cm³/mol. The van der Waals surface area contributed by atoms with E-state index in [0.29, 0.717) is 5.41 Å². The van der Waals surface area contributed by atoms with Gasteiger partial charge >= 0.3 is 0 Å². The molecular formula is C10H10ClI. The van der Waals surface area contributed by atoms with E-state index in [1.54, 1.807) is 0 Å². The van der Waals surface area contributed by atoms with E-state index in [9.17, 15) is 0 Å². The fraction of sp³-hybridized carbons (Fsp3) is 0.400. The number of halogens is 2. The zero-order valence-corrected chi connectivity index (χ0v) is 9.60. The average Bonchev–Trinajstić information content (AvgIpc) is 2.86. The standard InChI is InChI=1S/C10H10ClI/c11-9-3-1-8(2-4-9)10(7-12)5-6-10/h1-4H,5-7H2. The van der Waals surface area contributed by atoms with Crippen molar-refractivity contribution >= 4 is 34.2 Å². The molecule has 2 heteroatoms. The number of alkyl halides is 1. The van der Waals surface area contributed by atoms with Crippen molar-refractivity contribution in [1.29, 1.82) is 0 Å². The van der Waals surface area contributed by atoms with E-state index in [2.05, 4.69) is 34.7 Å². The lowest BCUT2D eigenvalue weighted by molar-refractivity contribution is 0.817. The van der Waals surface area contributed by atoms with Crippen molar-refractivity contribution in [3.05, 3.63) is 34.9 Å². The normalized spacial score (nSPS) is 19.2. The van der Waals surface area contributed by atoms with Gasteiger partial charge in [0, 0.05) is 14.9 Å². The number of benzene rings is 1. The molecule has 0 bridgehead atoms. The van der Waals surface area contributed by atoms with Crippen LogP contribution in [0.15, 0.2) is 24.3 Å². The highest BCUT2D eigenvalue weighted by molar-refractivity contribution is 14.1. The molecule has 0 N–H and O–H groups in total. The zero-order chi connectivity index (χ0) is 8.60. The average molecular weight is 293 g/mol. The highest BCUT2D eigenvalue weighted by atomic mass is 127. The third kappa shape index (κ3) is 1.49. The van der Waals surface area contributed by atoms with Crippen molar-refractivity contribution in [1.82, 2.24) is 0 Å². The second kappa shape index (κ2) is 3.18. The van der Waals surface area contributed by atoms with Gasteiger partial charge < -0.3 is 0 Å². The Labute approximate surface area is 91.5 Å². The molecule has 0 unspecified atom stereocenters. The van der Waals surface area contributed by atoms with Gasteiger partial charge in [-0.1, -0.05) is 46.3 Å². The van der Waals surface area contributed by atoms with Gasteiger partial charge in [0.2, 0.25) is 0 Å². The Bertz CT molecular complexity index is 274. The molecule has 0 amide bonds. The van der Waals surface area contributed by atoms with Crippen molar-refractivity contribution in [3.8, 4) is 0 Å². The van der Waals surface area contributed by atoms with Crippen LogP contribution >= 0.6 is 34.2 Å². The monoisotopic (exact) mass is 292 g/mol. The van der Waals surface area contributed by atoms with Crippen LogP contribution in [-0.4, -0.2) is 4.43 Å². The Morgan fingerprint density at radius 3 is 2.25 bits per heavy atom. The lowest BCUT2D eigenvalue weighted by Gasteiger charge is -2.11.